The van der Waals surface area contributed by atoms with Crippen molar-refractivity contribution in [2.45, 2.75) is 59.0 Å². The lowest BCUT2D eigenvalue weighted by Crippen LogP contribution is -2.37. The van der Waals surface area contributed by atoms with Crippen molar-refractivity contribution >= 4 is 16.9 Å². The summed E-state index contributed by atoms with van der Waals surface area (Å²) in [6, 6.07) is 5.66. The van der Waals surface area contributed by atoms with Crippen LogP contribution in [-0.2, 0) is 6.54 Å². The molecule has 1 aliphatic rings. The van der Waals surface area contributed by atoms with E-state index in [0.717, 1.165) is 24.3 Å². The fourth-order valence-corrected chi connectivity index (χ4v) is 3.50. The molecule has 1 aliphatic carbocycles. The van der Waals surface area contributed by atoms with Gasteiger partial charge in [-0.15, -0.1) is 0 Å². The van der Waals surface area contributed by atoms with E-state index in [1.165, 1.54) is 12.8 Å². The quantitative estimate of drug-likeness (QED) is 0.942. The van der Waals surface area contributed by atoms with Gasteiger partial charge in [0.25, 0.3) is 11.5 Å². The smallest absolute Gasteiger partial charge is 0.272 e. The van der Waals surface area contributed by atoms with Crippen LogP contribution in [0.25, 0.3) is 11.0 Å². The highest BCUT2D eigenvalue weighted by molar-refractivity contribution is 5.97. The molecule has 5 heteroatoms. The van der Waals surface area contributed by atoms with E-state index in [1.807, 2.05) is 13.0 Å². The maximum atomic E-state index is 12.5. The first-order valence-corrected chi connectivity index (χ1v) is 8.81. The Morgan fingerprint density at radius 3 is 2.67 bits per heavy atom. The second-order valence-corrected chi connectivity index (χ2v) is 6.88. The molecule has 5 nitrogen and oxygen atoms in total. The van der Waals surface area contributed by atoms with Gasteiger partial charge in [-0.05, 0) is 63.6 Å². The summed E-state index contributed by atoms with van der Waals surface area (Å²) in [5.41, 5.74) is 2.46. The minimum Gasteiger partial charge on any atom is -0.349 e. The number of hydrogen-bond acceptors (Lipinski definition) is 3. The van der Waals surface area contributed by atoms with Gasteiger partial charge >= 0.3 is 0 Å². The first kappa shape index (κ1) is 16.7. The summed E-state index contributed by atoms with van der Waals surface area (Å²) in [6.07, 6.45) is 4.44. The molecule has 1 saturated carbocycles. The first-order chi connectivity index (χ1) is 11.5. The molecule has 0 bridgehead atoms. The minimum absolute atomic E-state index is 0.0508. The molecular formula is C19H25N3O2. The third-order valence-electron chi connectivity index (χ3n) is 5.04. The zero-order chi connectivity index (χ0) is 17.3. The summed E-state index contributed by atoms with van der Waals surface area (Å²) in [7, 11) is 0. The van der Waals surface area contributed by atoms with Crippen LogP contribution in [0, 0.1) is 12.8 Å². The number of hydrogen-bond donors (Lipinski definition) is 1. The SMILES string of the molecule is CCn1c(=O)c(C)nc2cc(C(=O)NC3CCC(C)CC3)ccc21. The molecule has 1 aromatic heterocycles. The fraction of sp³-hybridized carbons (Fsp3) is 0.526. The number of amides is 1. The number of carbonyl (C=O) groups is 1. The van der Waals surface area contributed by atoms with Crippen molar-refractivity contribution in [2.75, 3.05) is 0 Å². The van der Waals surface area contributed by atoms with E-state index in [1.54, 1.807) is 23.6 Å². The highest BCUT2D eigenvalue weighted by Crippen LogP contribution is 2.24. The number of nitrogens with zero attached hydrogens (tertiary/aromatic N) is 2. The lowest BCUT2D eigenvalue weighted by molar-refractivity contribution is 0.0923. The fourth-order valence-electron chi connectivity index (χ4n) is 3.50. The highest BCUT2D eigenvalue weighted by atomic mass is 16.1. The Hall–Kier alpha value is -2.17. The lowest BCUT2D eigenvalue weighted by atomic mass is 9.87. The van der Waals surface area contributed by atoms with Gasteiger partial charge in [-0.25, -0.2) is 4.98 Å². The zero-order valence-electron chi connectivity index (χ0n) is 14.6. The van der Waals surface area contributed by atoms with Crippen LogP contribution in [0.5, 0.6) is 0 Å². The Morgan fingerprint density at radius 1 is 1.29 bits per heavy atom. The molecular weight excluding hydrogens is 302 g/mol. The number of carbonyl (C=O) groups excluding carboxylic acids is 1. The summed E-state index contributed by atoms with van der Waals surface area (Å²) in [4.78, 5) is 29.1. The molecule has 1 fully saturated rings. The summed E-state index contributed by atoms with van der Waals surface area (Å²) >= 11 is 0. The summed E-state index contributed by atoms with van der Waals surface area (Å²) in [5, 5.41) is 3.14. The molecule has 128 valence electrons. The van der Waals surface area contributed by atoms with Gasteiger partial charge in [0.1, 0.15) is 5.69 Å². The Kier molecular flexibility index (Phi) is 4.69. The van der Waals surface area contributed by atoms with Crippen LogP contribution >= 0.6 is 0 Å². The van der Waals surface area contributed by atoms with Crippen molar-refractivity contribution in [1.29, 1.82) is 0 Å². The number of fused-ring (bicyclic) bond motifs is 1. The van der Waals surface area contributed by atoms with Crippen molar-refractivity contribution in [2.24, 2.45) is 5.92 Å². The topological polar surface area (TPSA) is 64.0 Å². The molecule has 24 heavy (non-hydrogen) atoms. The molecule has 1 N–H and O–H groups in total. The van der Waals surface area contributed by atoms with Crippen molar-refractivity contribution in [3.05, 3.63) is 39.8 Å². The summed E-state index contributed by atoms with van der Waals surface area (Å²) in [5.74, 6) is 0.710. The van der Waals surface area contributed by atoms with Gasteiger partial charge in [0.15, 0.2) is 0 Å². The average Bonchev–Trinajstić information content (AvgIpc) is 2.57. The van der Waals surface area contributed by atoms with Crippen LogP contribution in [-0.4, -0.2) is 21.5 Å². The molecule has 0 atom stereocenters. The molecule has 1 amide bonds. The van der Waals surface area contributed by atoms with Gasteiger partial charge in [0.05, 0.1) is 11.0 Å². The molecule has 0 aliphatic heterocycles. The van der Waals surface area contributed by atoms with Crippen molar-refractivity contribution in [3.8, 4) is 0 Å². The Labute approximate surface area is 142 Å². The number of aryl methyl sites for hydroxylation is 2. The average molecular weight is 327 g/mol. The third-order valence-corrected chi connectivity index (χ3v) is 5.04. The van der Waals surface area contributed by atoms with Crippen molar-refractivity contribution in [3.63, 3.8) is 0 Å². The van der Waals surface area contributed by atoms with Gasteiger partial charge in [0.2, 0.25) is 0 Å². The van der Waals surface area contributed by atoms with E-state index in [-0.39, 0.29) is 17.5 Å². The van der Waals surface area contributed by atoms with E-state index < -0.39 is 0 Å². The number of benzene rings is 1. The van der Waals surface area contributed by atoms with Crippen LogP contribution in [0.2, 0.25) is 0 Å². The van der Waals surface area contributed by atoms with E-state index in [2.05, 4.69) is 17.2 Å². The molecule has 1 heterocycles. The molecule has 0 unspecified atom stereocenters. The van der Waals surface area contributed by atoms with Crippen LogP contribution < -0.4 is 10.9 Å². The van der Waals surface area contributed by atoms with Gasteiger partial charge in [-0.2, -0.15) is 0 Å². The van der Waals surface area contributed by atoms with Gasteiger partial charge in [0, 0.05) is 18.2 Å². The van der Waals surface area contributed by atoms with E-state index in [9.17, 15) is 9.59 Å². The lowest BCUT2D eigenvalue weighted by Gasteiger charge is -2.26. The van der Waals surface area contributed by atoms with Crippen LogP contribution in [0.3, 0.4) is 0 Å². The number of nitrogens with one attached hydrogen (secondary N) is 1. The molecule has 0 radical (unpaired) electrons. The number of aromatic nitrogens is 2. The molecule has 3 rings (SSSR count). The Bertz CT molecular complexity index is 817. The molecule has 2 aromatic rings. The monoisotopic (exact) mass is 327 g/mol. The van der Waals surface area contributed by atoms with Gasteiger partial charge in [-0.3, -0.25) is 9.59 Å². The molecule has 0 saturated heterocycles. The van der Waals surface area contributed by atoms with Crippen molar-refractivity contribution < 1.29 is 4.79 Å². The molecule has 0 spiro atoms. The maximum absolute atomic E-state index is 12.5. The zero-order valence-corrected chi connectivity index (χ0v) is 14.6. The van der Waals surface area contributed by atoms with E-state index in [4.69, 9.17) is 0 Å². The van der Waals surface area contributed by atoms with Crippen LogP contribution in [0.15, 0.2) is 23.0 Å². The Morgan fingerprint density at radius 2 is 2.00 bits per heavy atom. The standard InChI is InChI=1S/C19H25N3O2/c1-4-22-17-10-7-14(11-16(17)20-13(3)19(22)24)18(23)21-15-8-5-12(2)6-9-15/h7,10-12,15H,4-6,8-9H2,1-3H3,(H,21,23). The third kappa shape index (κ3) is 3.21. The second kappa shape index (κ2) is 6.75. The normalized spacial score (nSPS) is 21.0. The van der Waals surface area contributed by atoms with Crippen LogP contribution in [0.4, 0.5) is 0 Å². The largest absolute Gasteiger partial charge is 0.349 e. The van der Waals surface area contributed by atoms with Crippen molar-refractivity contribution in [1.82, 2.24) is 14.9 Å². The predicted octanol–water partition coefficient (Wildman–Crippen LogP) is 3.03. The summed E-state index contributed by atoms with van der Waals surface area (Å²) in [6.45, 7) is 6.50. The van der Waals surface area contributed by atoms with Crippen LogP contribution in [0.1, 0.15) is 55.6 Å². The predicted molar refractivity (Wildman–Crippen MR) is 95.3 cm³/mol. The highest BCUT2D eigenvalue weighted by Gasteiger charge is 2.20. The van der Waals surface area contributed by atoms with Gasteiger partial charge in [-0.1, -0.05) is 6.92 Å². The van der Waals surface area contributed by atoms with E-state index in [0.29, 0.717) is 23.3 Å². The maximum Gasteiger partial charge on any atom is 0.272 e. The van der Waals surface area contributed by atoms with Gasteiger partial charge < -0.3 is 9.88 Å². The first-order valence-electron chi connectivity index (χ1n) is 8.81. The summed E-state index contributed by atoms with van der Waals surface area (Å²) < 4.78 is 1.70. The minimum atomic E-state index is -0.0708. The second-order valence-electron chi connectivity index (χ2n) is 6.88. The molecule has 1 aromatic carbocycles. The number of rotatable bonds is 3. The van der Waals surface area contributed by atoms with E-state index >= 15 is 0 Å². The Balaban J connectivity index is 1.86.